The number of aryl methyl sites for hydroxylation is 2. The molecule has 0 saturated carbocycles. The highest BCUT2D eigenvalue weighted by molar-refractivity contribution is 6.31. The molecule has 6 nitrogen and oxygen atoms in total. The average Bonchev–Trinajstić information content (AvgIpc) is 3.27. The van der Waals surface area contributed by atoms with Gasteiger partial charge in [-0.05, 0) is 55.5 Å². The maximum Gasteiger partial charge on any atom is 0.247 e. The lowest BCUT2D eigenvalue weighted by Gasteiger charge is -2.08. The molecule has 0 radical (unpaired) electrons. The van der Waals surface area contributed by atoms with E-state index in [0.29, 0.717) is 29.9 Å². The topological polar surface area (TPSA) is 69.1 Å². The molecule has 0 atom stereocenters. The van der Waals surface area contributed by atoms with Crippen LogP contribution < -0.4 is 0 Å². The molecule has 2 aromatic heterocycles. The van der Waals surface area contributed by atoms with Crippen LogP contribution in [-0.4, -0.2) is 26.7 Å². The first-order valence-electron chi connectivity index (χ1n) is 9.61. The van der Waals surface area contributed by atoms with Crippen LogP contribution in [-0.2, 0) is 13.1 Å². The van der Waals surface area contributed by atoms with Crippen molar-refractivity contribution in [1.29, 1.82) is 0 Å². The van der Waals surface area contributed by atoms with Crippen molar-refractivity contribution in [3.05, 3.63) is 75.9 Å². The summed E-state index contributed by atoms with van der Waals surface area (Å²) in [5.41, 5.74) is 7.22. The summed E-state index contributed by atoms with van der Waals surface area (Å²) in [7, 11) is 0. The molecule has 0 aliphatic carbocycles. The van der Waals surface area contributed by atoms with E-state index in [1.165, 1.54) is 0 Å². The molecule has 0 bridgehead atoms. The van der Waals surface area contributed by atoms with Crippen molar-refractivity contribution in [2.45, 2.75) is 33.9 Å². The fourth-order valence-corrected chi connectivity index (χ4v) is 3.80. The third-order valence-corrected chi connectivity index (χ3v) is 5.42. The van der Waals surface area contributed by atoms with Gasteiger partial charge in [-0.3, -0.25) is 9.67 Å². The van der Waals surface area contributed by atoms with Crippen molar-refractivity contribution in [2.24, 2.45) is 4.99 Å². The Hall–Kier alpha value is -3.25. The van der Waals surface area contributed by atoms with E-state index >= 15 is 0 Å². The quantitative estimate of drug-likeness (QED) is 0.391. The third-order valence-electron chi connectivity index (χ3n) is 5.06. The summed E-state index contributed by atoms with van der Waals surface area (Å²) in [4.78, 5) is 3.92. The van der Waals surface area contributed by atoms with Crippen molar-refractivity contribution in [3.63, 3.8) is 0 Å². The van der Waals surface area contributed by atoms with Crippen LogP contribution in [0, 0.1) is 20.8 Å². The predicted octanol–water partition coefficient (Wildman–Crippen LogP) is 5.43. The summed E-state index contributed by atoms with van der Waals surface area (Å²) in [5.74, 6) is 1.08. The van der Waals surface area contributed by atoms with E-state index in [4.69, 9.17) is 21.1 Å². The monoisotopic (exact) mass is 419 g/mol. The molecule has 0 amide bonds. The van der Waals surface area contributed by atoms with E-state index in [1.807, 2.05) is 35.9 Å². The molecule has 0 unspecified atom stereocenters. The molecule has 4 aromatic rings. The minimum absolute atomic E-state index is 0.509. The zero-order valence-electron chi connectivity index (χ0n) is 17.2. The Bertz CT molecular complexity index is 1210. The molecular formula is C23H22ClN5O. The van der Waals surface area contributed by atoms with E-state index < -0.39 is 0 Å². The number of hydrogen-bond acceptors (Lipinski definition) is 5. The van der Waals surface area contributed by atoms with Gasteiger partial charge in [0, 0.05) is 28.8 Å². The number of aliphatic imine (C=N–C) groups is 1. The van der Waals surface area contributed by atoms with Gasteiger partial charge in [0.05, 0.1) is 18.8 Å². The van der Waals surface area contributed by atoms with E-state index in [0.717, 1.165) is 39.2 Å². The molecule has 0 aliphatic heterocycles. The first-order valence-corrected chi connectivity index (χ1v) is 9.98. The Kier molecular flexibility index (Phi) is 5.50. The van der Waals surface area contributed by atoms with Gasteiger partial charge in [-0.15, -0.1) is 10.2 Å². The van der Waals surface area contributed by atoms with E-state index in [1.54, 1.807) is 6.92 Å². The van der Waals surface area contributed by atoms with Gasteiger partial charge in [-0.2, -0.15) is 5.10 Å². The second kappa shape index (κ2) is 8.24. The number of halogens is 1. The normalized spacial score (nSPS) is 11.1. The van der Waals surface area contributed by atoms with Crippen LogP contribution in [0.25, 0.3) is 22.6 Å². The van der Waals surface area contributed by atoms with Crippen molar-refractivity contribution in [1.82, 2.24) is 20.0 Å². The minimum Gasteiger partial charge on any atom is -0.421 e. The van der Waals surface area contributed by atoms with Crippen LogP contribution in [0.2, 0.25) is 5.02 Å². The van der Waals surface area contributed by atoms with Gasteiger partial charge in [0.1, 0.15) is 0 Å². The van der Waals surface area contributed by atoms with Gasteiger partial charge >= 0.3 is 0 Å². The van der Waals surface area contributed by atoms with Gasteiger partial charge in [0.15, 0.2) is 0 Å². The molecule has 0 aliphatic rings. The van der Waals surface area contributed by atoms with Gasteiger partial charge in [0.25, 0.3) is 0 Å². The van der Waals surface area contributed by atoms with Crippen LogP contribution in [0.1, 0.15) is 28.4 Å². The maximum atomic E-state index is 6.43. The van der Waals surface area contributed by atoms with Crippen molar-refractivity contribution in [3.8, 4) is 22.6 Å². The molecular weight excluding hydrogens is 398 g/mol. The minimum atomic E-state index is 0.509. The molecule has 0 spiro atoms. The first kappa shape index (κ1) is 20.0. The Morgan fingerprint density at radius 3 is 2.40 bits per heavy atom. The van der Waals surface area contributed by atoms with Crippen LogP contribution in [0.3, 0.4) is 0 Å². The fourth-order valence-electron chi connectivity index (χ4n) is 3.56. The largest absolute Gasteiger partial charge is 0.421 e. The smallest absolute Gasteiger partial charge is 0.247 e. The summed E-state index contributed by atoms with van der Waals surface area (Å²) in [5, 5.41) is 13.4. The molecule has 7 heteroatoms. The SMILES string of the molecule is C=NCc1ccc(-c2c(C)nn(Cc3ccc(-c4nnc(C)o4)cc3)c2C)cc1Cl. The summed E-state index contributed by atoms with van der Waals surface area (Å²) < 4.78 is 7.51. The number of rotatable bonds is 6. The maximum absolute atomic E-state index is 6.43. The van der Waals surface area contributed by atoms with E-state index in [-0.39, 0.29) is 0 Å². The van der Waals surface area contributed by atoms with Gasteiger partial charge in [-0.25, -0.2) is 0 Å². The Labute approximate surface area is 180 Å². The van der Waals surface area contributed by atoms with Crippen LogP contribution in [0.5, 0.6) is 0 Å². The second-order valence-electron chi connectivity index (χ2n) is 7.21. The van der Waals surface area contributed by atoms with Crippen molar-refractivity contribution in [2.75, 3.05) is 0 Å². The molecule has 2 aromatic carbocycles. The zero-order chi connectivity index (χ0) is 21.3. The lowest BCUT2D eigenvalue weighted by Crippen LogP contribution is -2.04. The highest BCUT2D eigenvalue weighted by Crippen LogP contribution is 2.31. The van der Waals surface area contributed by atoms with Crippen LogP contribution in [0.15, 0.2) is 51.9 Å². The summed E-state index contributed by atoms with van der Waals surface area (Å²) in [6.45, 7) is 10.6. The van der Waals surface area contributed by atoms with Gasteiger partial charge in [-0.1, -0.05) is 35.9 Å². The van der Waals surface area contributed by atoms with Gasteiger partial charge in [0.2, 0.25) is 11.8 Å². The molecule has 0 fully saturated rings. The lowest BCUT2D eigenvalue weighted by molar-refractivity contribution is 0.532. The molecule has 2 heterocycles. The van der Waals surface area contributed by atoms with Crippen molar-refractivity contribution < 1.29 is 4.42 Å². The lowest BCUT2D eigenvalue weighted by atomic mass is 10.0. The molecule has 152 valence electrons. The zero-order valence-corrected chi connectivity index (χ0v) is 17.9. The Balaban J connectivity index is 1.59. The van der Waals surface area contributed by atoms with E-state index in [9.17, 15) is 0 Å². The molecule has 0 saturated heterocycles. The number of nitrogens with zero attached hydrogens (tertiary/aromatic N) is 5. The number of hydrogen-bond donors (Lipinski definition) is 0. The summed E-state index contributed by atoms with van der Waals surface area (Å²) in [6.07, 6.45) is 0. The predicted molar refractivity (Wildman–Crippen MR) is 119 cm³/mol. The average molecular weight is 420 g/mol. The molecule has 0 N–H and O–H groups in total. The third kappa shape index (κ3) is 3.91. The van der Waals surface area contributed by atoms with Crippen LogP contribution >= 0.6 is 11.6 Å². The first-order chi connectivity index (χ1) is 14.5. The van der Waals surface area contributed by atoms with Gasteiger partial charge < -0.3 is 4.42 Å². The highest BCUT2D eigenvalue weighted by Gasteiger charge is 2.15. The summed E-state index contributed by atoms with van der Waals surface area (Å²) in [6, 6.07) is 14.1. The highest BCUT2D eigenvalue weighted by atomic mass is 35.5. The fraction of sp³-hybridized carbons (Fsp3) is 0.217. The molecule has 4 rings (SSSR count). The number of benzene rings is 2. The Morgan fingerprint density at radius 2 is 1.77 bits per heavy atom. The van der Waals surface area contributed by atoms with Crippen molar-refractivity contribution >= 4 is 18.3 Å². The number of aromatic nitrogens is 4. The standard InChI is InChI=1S/C23H22ClN5O/c1-14-22(19-9-10-20(12-25-4)21(24)11-19)15(2)29(28-14)13-17-5-7-18(8-6-17)23-27-26-16(3)30-23/h5-11H,4,12-13H2,1-3H3. The Morgan fingerprint density at radius 1 is 1.03 bits per heavy atom. The van der Waals surface area contributed by atoms with Crippen LogP contribution in [0.4, 0.5) is 0 Å². The second-order valence-corrected chi connectivity index (χ2v) is 7.62. The van der Waals surface area contributed by atoms with E-state index in [2.05, 4.69) is 47.0 Å². The molecule has 30 heavy (non-hydrogen) atoms. The summed E-state index contributed by atoms with van der Waals surface area (Å²) >= 11 is 6.43.